The molecule has 2 aromatic heterocycles. The number of piperidine rings is 1. The summed E-state index contributed by atoms with van der Waals surface area (Å²) in [5.41, 5.74) is 0.786. The molecular formula is C19H25BrN6O3. The smallest absolute Gasteiger partial charge is 0.298 e. The monoisotopic (exact) mass is 464 g/mol. The number of ether oxygens (including phenoxy) is 1. The molecule has 1 saturated heterocycles. The van der Waals surface area contributed by atoms with E-state index in [0.717, 1.165) is 41.1 Å². The molecular weight excluding hydrogens is 440 g/mol. The molecule has 3 rings (SSSR count). The quantitative estimate of drug-likeness (QED) is 0.281. The van der Waals surface area contributed by atoms with Crippen molar-refractivity contribution in [1.82, 2.24) is 14.6 Å². The maximum absolute atomic E-state index is 9.68. The van der Waals surface area contributed by atoms with E-state index in [1.807, 2.05) is 13.1 Å². The van der Waals surface area contributed by atoms with Crippen molar-refractivity contribution in [3.05, 3.63) is 41.4 Å². The molecule has 0 bridgehead atoms. The van der Waals surface area contributed by atoms with Gasteiger partial charge in [0.2, 0.25) is 0 Å². The summed E-state index contributed by atoms with van der Waals surface area (Å²) in [5, 5.41) is 17.0. The van der Waals surface area contributed by atoms with Crippen molar-refractivity contribution >= 4 is 46.4 Å². The molecule has 1 fully saturated rings. The van der Waals surface area contributed by atoms with Gasteiger partial charge in [0.25, 0.3) is 6.47 Å². The third-order valence-electron chi connectivity index (χ3n) is 4.41. The van der Waals surface area contributed by atoms with Gasteiger partial charge in [-0.25, -0.2) is 4.98 Å². The van der Waals surface area contributed by atoms with E-state index in [-0.39, 0.29) is 12.6 Å². The van der Waals surface area contributed by atoms with Gasteiger partial charge in [0.1, 0.15) is 17.4 Å². The molecule has 29 heavy (non-hydrogen) atoms. The SMILES string of the molecule is C=C/C(=C\N=C)OC=O.CNc1cc(N2CCCCC2CO)nc2c(Br)cnn12. The Hall–Kier alpha value is -2.72. The number of aliphatic hydroxyl groups excluding tert-OH is 1. The third-order valence-corrected chi connectivity index (χ3v) is 4.97. The number of fused-ring (bicyclic) bond motifs is 1. The first-order chi connectivity index (χ1) is 14.1. The van der Waals surface area contributed by atoms with Crippen LogP contribution in [0.1, 0.15) is 19.3 Å². The average molecular weight is 465 g/mol. The van der Waals surface area contributed by atoms with Crippen LogP contribution in [0.4, 0.5) is 11.6 Å². The van der Waals surface area contributed by atoms with Gasteiger partial charge in [-0.3, -0.25) is 9.79 Å². The van der Waals surface area contributed by atoms with Crippen molar-refractivity contribution in [3.8, 4) is 0 Å². The Labute approximate surface area is 177 Å². The highest BCUT2D eigenvalue weighted by atomic mass is 79.9. The maximum Gasteiger partial charge on any atom is 0.298 e. The van der Waals surface area contributed by atoms with Gasteiger partial charge in [-0.2, -0.15) is 9.61 Å². The fourth-order valence-electron chi connectivity index (χ4n) is 3.02. The summed E-state index contributed by atoms with van der Waals surface area (Å²) in [4.78, 5) is 19.9. The van der Waals surface area contributed by atoms with Crippen molar-refractivity contribution in [2.75, 3.05) is 30.4 Å². The number of aromatic nitrogens is 3. The van der Waals surface area contributed by atoms with Crippen molar-refractivity contribution in [2.24, 2.45) is 4.99 Å². The molecule has 2 N–H and O–H groups in total. The second kappa shape index (κ2) is 11.3. The molecule has 1 unspecified atom stereocenters. The van der Waals surface area contributed by atoms with Crippen LogP contribution in [-0.4, -0.2) is 59.1 Å². The summed E-state index contributed by atoms with van der Waals surface area (Å²) in [5.74, 6) is 2.07. The lowest BCUT2D eigenvalue weighted by Gasteiger charge is -2.35. The first-order valence-electron chi connectivity index (χ1n) is 9.07. The van der Waals surface area contributed by atoms with E-state index in [0.29, 0.717) is 12.2 Å². The lowest BCUT2D eigenvalue weighted by atomic mass is 10.0. The molecule has 156 valence electrons. The number of hydrogen-bond donors (Lipinski definition) is 2. The Bertz CT molecular complexity index is 882. The van der Waals surface area contributed by atoms with E-state index in [4.69, 9.17) is 4.98 Å². The number of anilines is 2. The van der Waals surface area contributed by atoms with Crippen LogP contribution < -0.4 is 10.2 Å². The minimum absolute atomic E-state index is 0.158. The summed E-state index contributed by atoms with van der Waals surface area (Å²) < 4.78 is 7.00. The molecule has 0 radical (unpaired) electrons. The molecule has 2 aromatic rings. The van der Waals surface area contributed by atoms with E-state index in [2.05, 4.69) is 54.3 Å². The van der Waals surface area contributed by atoms with Crippen LogP contribution in [0.2, 0.25) is 0 Å². The largest absolute Gasteiger partial charge is 0.427 e. The molecule has 0 amide bonds. The van der Waals surface area contributed by atoms with Gasteiger partial charge in [0.15, 0.2) is 5.65 Å². The molecule has 0 aromatic carbocycles. The Kier molecular flexibility index (Phi) is 8.81. The summed E-state index contributed by atoms with van der Waals surface area (Å²) in [6.45, 7) is 7.93. The average Bonchev–Trinajstić information content (AvgIpc) is 3.14. The van der Waals surface area contributed by atoms with Crippen molar-refractivity contribution in [3.63, 3.8) is 0 Å². The van der Waals surface area contributed by atoms with Gasteiger partial charge in [0, 0.05) is 19.7 Å². The zero-order chi connectivity index (χ0) is 21.2. The summed E-state index contributed by atoms with van der Waals surface area (Å²) in [6, 6.07) is 2.14. The van der Waals surface area contributed by atoms with Gasteiger partial charge < -0.3 is 20.1 Å². The Balaban J connectivity index is 0.000000284. The Morgan fingerprint density at radius 3 is 2.97 bits per heavy atom. The number of rotatable bonds is 7. The number of halogens is 1. The zero-order valence-electron chi connectivity index (χ0n) is 16.3. The van der Waals surface area contributed by atoms with Crippen LogP contribution in [0.3, 0.4) is 0 Å². The highest BCUT2D eigenvalue weighted by molar-refractivity contribution is 9.10. The summed E-state index contributed by atoms with van der Waals surface area (Å²) in [6.07, 6.45) is 7.72. The molecule has 1 aliphatic rings. The van der Waals surface area contributed by atoms with Crippen LogP contribution in [0.5, 0.6) is 0 Å². The molecule has 1 aliphatic heterocycles. The highest BCUT2D eigenvalue weighted by Gasteiger charge is 2.24. The first kappa shape index (κ1) is 22.6. The third kappa shape index (κ3) is 5.64. The van der Waals surface area contributed by atoms with Gasteiger partial charge in [-0.15, -0.1) is 0 Å². The number of carbonyl (C=O) groups excluding carboxylic acids is 1. The highest BCUT2D eigenvalue weighted by Crippen LogP contribution is 2.28. The molecule has 10 heteroatoms. The zero-order valence-corrected chi connectivity index (χ0v) is 17.9. The van der Waals surface area contributed by atoms with E-state index in [1.54, 1.807) is 10.7 Å². The topological polar surface area (TPSA) is 104 Å². The second-order valence-electron chi connectivity index (χ2n) is 6.14. The summed E-state index contributed by atoms with van der Waals surface area (Å²) in [7, 11) is 1.87. The van der Waals surface area contributed by atoms with Crippen LogP contribution in [-0.2, 0) is 9.53 Å². The fraction of sp³-hybridized carbons (Fsp3) is 0.368. The van der Waals surface area contributed by atoms with Crippen LogP contribution in [0, 0.1) is 0 Å². The van der Waals surface area contributed by atoms with Gasteiger partial charge in [0.05, 0.1) is 29.5 Å². The van der Waals surface area contributed by atoms with E-state index < -0.39 is 0 Å². The fourth-order valence-corrected chi connectivity index (χ4v) is 3.37. The van der Waals surface area contributed by atoms with Gasteiger partial charge in [-0.1, -0.05) is 6.58 Å². The maximum atomic E-state index is 9.68. The van der Waals surface area contributed by atoms with Crippen molar-refractivity contribution in [2.45, 2.75) is 25.3 Å². The van der Waals surface area contributed by atoms with Gasteiger partial charge in [-0.05, 0) is 48.0 Å². The van der Waals surface area contributed by atoms with E-state index in [1.165, 1.54) is 18.7 Å². The Morgan fingerprint density at radius 1 is 1.55 bits per heavy atom. The number of nitrogens with one attached hydrogen (secondary N) is 1. The predicted molar refractivity (Wildman–Crippen MR) is 117 cm³/mol. The molecule has 0 spiro atoms. The minimum atomic E-state index is 0.158. The van der Waals surface area contributed by atoms with Crippen molar-refractivity contribution in [1.29, 1.82) is 0 Å². The van der Waals surface area contributed by atoms with E-state index >= 15 is 0 Å². The number of aliphatic hydroxyl groups is 1. The molecule has 1 atom stereocenters. The van der Waals surface area contributed by atoms with E-state index in [9.17, 15) is 9.90 Å². The number of carbonyl (C=O) groups is 1. The molecule has 0 aliphatic carbocycles. The lowest BCUT2D eigenvalue weighted by molar-refractivity contribution is -0.124. The van der Waals surface area contributed by atoms with Crippen LogP contribution in [0.15, 0.2) is 46.3 Å². The number of hydrogen-bond acceptors (Lipinski definition) is 8. The van der Waals surface area contributed by atoms with Gasteiger partial charge >= 0.3 is 0 Å². The Morgan fingerprint density at radius 2 is 2.34 bits per heavy atom. The predicted octanol–water partition coefficient (Wildman–Crippen LogP) is 2.77. The molecule has 3 heterocycles. The molecule has 0 saturated carbocycles. The number of nitrogens with zero attached hydrogens (tertiary/aromatic N) is 5. The molecule has 9 nitrogen and oxygen atoms in total. The van der Waals surface area contributed by atoms with Crippen LogP contribution >= 0.6 is 15.9 Å². The first-order valence-corrected chi connectivity index (χ1v) is 9.87. The minimum Gasteiger partial charge on any atom is -0.427 e. The standard InChI is InChI=1S/C13H18BrN5O.C6H7NO2/c1-15-11-6-12(17-13-10(14)7-16-19(11)13)18-5-3-2-4-9(18)8-20;1-3-6(4-7-2)9-5-8/h6-7,9,15,20H,2-5,8H2,1H3;3-5H,1-2H2/b;6-4+. The van der Waals surface area contributed by atoms with Crippen molar-refractivity contribution < 1.29 is 14.6 Å². The lowest BCUT2D eigenvalue weighted by Crippen LogP contribution is -2.42. The van der Waals surface area contributed by atoms with Crippen LogP contribution in [0.25, 0.3) is 5.65 Å². The number of aliphatic imine (C=N–C) groups is 1. The normalized spacial score (nSPS) is 16.6. The second-order valence-corrected chi connectivity index (χ2v) is 6.99. The summed E-state index contributed by atoms with van der Waals surface area (Å²) >= 11 is 3.48. The number of allylic oxidation sites excluding steroid dienone is 1.